The lowest BCUT2D eigenvalue weighted by atomic mass is 10.1. The highest BCUT2D eigenvalue weighted by molar-refractivity contribution is 7.85. The summed E-state index contributed by atoms with van der Waals surface area (Å²) in [6.07, 6.45) is 3.15. The van der Waals surface area contributed by atoms with E-state index in [0.29, 0.717) is 16.7 Å². The monoisotopic (exact) mass is 319 g/mol. The molecule has 0 unspecified atom stereocenters. The van der Waals surface area contributed by atoms with Gasteiger partial charge in [-0.25, -0.2) is 0 Å². The van der Waals surface area contributed by atoms with E-state index >= 15 is 0 Å². The third kappa shape index (κ3) is 3.78. The SMILES string of the molecule is Cc1ccc(/C=C/c2ccc([N+](=O)[O-])cc2)c(S(=O)(=O)O)c1. The Morgan fingerprint density at radius 2 is 1.73 bits per heavy atom. The molecule has 0 fully saturated rings. The van der Waals surface area contributed by atoms with Crippen LogP contribution in [0.25, 0.3) is 12.2 Å². The largest absolute Gasteiger partial charge is 0.295 e. The molecule has 0 aliphatic rings. The number of nitro benzene ring substituents is 1. The Morgan fingerprint density at radius 3 is 2.27 bits per heavy atom. The second-order valence-corrected chi connectivity index (χ2v) is 6.09. The standard InChI is InChI=1S/C15H13NO5S/c1-11-2-6-13(15(10-11)22(19,20)21)7-3-12-4-8-14(9-5-12)16(17)18/h2-10H,1H3,(H,19,20,21)/b7-3+. The van der Waals surface area contributed by atoms with Crippen molar-refractivity contribution in [1.82, 2.24) is 0 Å². The fourth-order valence-corrected chi connectivity index (χ4v) is 2.66. The first-order valence-electron chi connectivity index (χ1n) is 6.28. The van der Waals surface area contributed by atoms with E-state index in [2.05, 4.69) is 0 Å². The highest BCUT2D eigenvalue weighted by Crippen LogP contribution is 2.20. The molecular formula is C15H13NO5S. The summed E-state index contributed by atoms with van der Waals surface area (Å²) in [6.45, 7) is 1.72. The zero-order valence-electron chi connectivity index (χ0n) is 11.6. The minimum Gasteiger partial charge on any atom is -0.282 e. The van der Waals surface area contributed by atoms with E-state index in [-0.39, 0.29) is 10.6 Å². The van der Waals surface area contributed by atoms with Crippen LogP contribution in [0, 0.1) is 17.0 Å². The third-order valence-corrected chi connectivity index (χ3v) is 3.92. The molecule has 22 heavy (non-hydrogen) atoms. The van der Waals surface area contributed by atoms with E-state index in [9.17, 15) is 23.1 Å². The first-order chi connectivity index (χ1) is 10.3. The van der Waals surface area contributed by atoms with Crippen molar-refractivity contribution in [2.45, 2.75) is 11.8 Å². The van der Waals surface area contributed by atoms with Crippen LogP contribution in [0.2, 0.25) is 0 Å². The third-order valence-electron chi connectivity index (χ3n) is 3.01. The Balaban J connectivity index is 2.36. The van der Waals surface area contributed by atoms with Crippen molar-refractivity contribution < 1.29 is 17.9 Å². The first kappa shape index (κ1) is 15.9. The second-order valence-electron chi connectivity index (χ2n) is 4.70. The number of nitro groups is 1. The van der Waals surface area contributed by atoms with Crippen LogP contribution in [0.4, 0.5) is 5.69 Å². The zero-order chi connectivity index (χ0) is 16.3. The average Bonchev–Trinajstić information content (AvgIpc) is 2.45. The molecule has 0 saturated carbocycles. The van der Waals surface area contributed by atoms with E-state index in [1.165, 1.54) is 24.3 Å². The van der Waals surface area contributed by atoms with E-state index in [4.69, 9.17) is 0 Å². The van der Waals surface area contributed by atoms with Crippen LogP contribution < -0.4 is 0 Å². The summed E-state index contributed by atoms with van der Waals surface area (Å²) >= 11 is 0. The van der Waals surface area contributed by atoms with E-state index in [1.807, 2.05) is 0 Å². The molecule has 0 bridgehead atoms. The number of hydrogen-bond donors (Lipinski definition) is 1. The van der Waals surface area contributed by atoms with Gasteiger partial charge in [0.1, 0.15) is 4.90 Å². The first-order valence-corrected chi connectivity index (χ1v) is 7.72. The molecule has 1 N–H and O–H groups in total. The molecule has 0 aliphatic heterocycles. The molecule has 2 aromatic carbocycles. The molecule has 2 aromatic rings. The molecule has 0 atom stereocenters. The van der Waals surface area contributed by atoms with Crippen molar-refractivity contribution in [3.05, 3.63) is 69.3 Å². The Bertz CT molecular complexity index is 839. The minimum absolute atomic E-state index is 0.0221. The lowest BCUT2D eigenvalue weighted by Crippen LogP contribution is -2.01. The molecule has 0 amide bonds. The average molecular weight is 319 g/mol. The molecule has 0 heterocycles. The predicted octanol–water partition coefficient (Wildman–Crippen LogP) is 3.32. The second kappa shape index (κ2) is 6.08. The Hall–Kier alpha value is -2.51. The molecule has 0 saturated heterocycles. The number of benzene rings is 2. The van der Waals surface area contributed by atoms with Crippen LogP contribution in [0.5, 0.6) is 0 Å². The summed E-state index contributed by atoms with van der Waals surface area (Å²) in [7, 11) is -4.32. The van der Waals surface area contributed by atoms with Gasteiger partial charge in [-0.05, 0) is 41.8 Å². The molecule has 6 nitrogen and oxygen atoms in total. The number of hydrogen-bond acceptors (Lipinski definition) is 4. The van der Waals surface area contributed by atoms with Gasteiger partial charge in [0.25, 0.3) is 15.8 Å². The summed E-state index contributed by atoms with van der Waals surface area (Å²) in [5.74, 6) is 0. The maximum atomic E-state index is 11.4. The van der Waals surface area contributed by atoms with Gasteiger partial charge >= 0.3 is 0 Å². The fraction of sp³-hybridized carbons (Fsp3) is 0.0667. The molecule has 0 spiro atoms. The molecule has 0 aliphatic carbocycles. The van der Waals surface area contributed by atoms with Gasteiger partial charge in [-0.1, -0.05) is 24.3 Å². The van der Waals surface area contributed by atoms with Crippen LogP contribution in [0.1, 0.15) is 16.7 Å². The van der Waals surface area contributed by atoms with Crippen LogP contribution >= 0.6 is 0 Å². The minimum atomic E-state index is -4.32. The normalized spacial score (nSPS) is 11.7. The lowest BCUT2D eigenvalue weighted by Gasteiger charge is -2.04. The van der Waals surface area contributed by atoms with E-state index in [1.54, 1.807) is 37.3 Å². The van der Waals surface area contributed by atoms with Gasteiger partial charge < -0.3 is 0 Å². The number of non-ortho nitro benzene ring substituents is 1. The van der Waals surface area contributed by atoms with Gasteiger partial charge in [0.05, 0.1) is 4.92 Å². The van der Waals surface area contributed by atoms with Gasteiger partial charge in [0, 0.05) is 12.1 Å². The van der Waals surface area contributed by atoms with Crippen molar-refractivity contribution in [2.75, 3.05) is 0 Å². The van der Waals surface area contributed by atoms with Crippen molar-refractivity contribution in [2.24, 2.45) is 0 Å². The Morgan fingerprint density at radius 1 is 1.09 bits per heavy atom. The zero-order valence-corrected chi connectivity index (χ0v) is 12.4. The maximum Gasteiger partial charge on any atom is 0.295 e. The fourth-order valence-electron chi connectivity index (χ4n) is 1.90. The maximum absolute atomic E-state index is 11.4. The van der Waals surface area contributed by atoms with Crippen LogP contribution in [-0.4, -0.2) is 17.9 Å². The lowest BCUT2D eigenvalue weighted by molar-refractivity contribution is -0.384. The van der Waals surface area contributed by atoms with Gasteiger partial charge in [-0.2, -0.15) is 8.42 Å². The van der Waals surface area contributed by atoms with Crippen LogP contribution in [0.15, 0.2) is 47.4 Å². The molecular weight excluding hydrogens is 306 g/mol. The summed E-state index contributed by atoms with van der Waals surface area (Å²) in [4.78, 5) is 9.90. The van der Waals surface area contributed by atoms with Crippen molar-refractivity contribution in [3.63, 3.8) is 0 Å². The molecule has 7 heteroatoms. The predicted molar refractivity (Wildman–Crippen MR) is 83.0 cm³/mol. The Kier molecular flexibility index (Phi) is 4.39. The van der Waals surface area contributed by atoms with Crippen molar-refractivity contribution in [1.29, 1.82) is 0 Å². The molecule has 0 radical (unpaired) electrons. The Labute approximate surface area is 127 Å². The summed E-state index contributed by atoms with van der Waals surface area (Å²) in [6, 6.07) is 10.5. The van der Waals surface area contributed by atoms with Crippen LogP contribution in [-0.2, 0) is 10.1 Å². The summed E-state index contributed by atoms with van der Waals surface area (Å²) in [5.41, 5.74) is 1.70. The van der Waals surface area contributed by atoms with Crippen LogP contribution in [0.3, 0.4) is 0 Å². The molecule has 114 valence electrons. The topological polar surface area (TPSA) is 97.5 Å². The van der Waals surface area contributed by atoms with Gasteiger partial charge in [0.2, 0.25) is 0 Å². The molecule has 0 aromatic heterocycles. The van der Waals surface area contributed by atoms with Crippen molar-refractivity contribution in [3.8, 4) is 0 Å². The summed E-state index contributed by atoms with van der Waals surface area (Å²) < 4.78 is 32.0. The van der Waals surface area contributed by atoms with E-state index in [0.717, 1.165) is 0 Å². The quantitative estimate of drug-likeness (QED) is 0.403. The van der Waals surface area contributed by atoms with Gasteiger partial charge in [-0.15, -0.1) is 0 Å². The highest BCUT2D eigenvalue weighted by atomic mass is 32.2. The van der Waals surface area contributed by atoms with Crippen molar-refractivity contribution >= 4 is 28.0 Å². The smallest absolute Gasteiger partial charge is 0.282 e. The number of rotatable bonds is 4. The van der Waals surface area contributed by atoms with Gasteiger partial charge in [0.15, 0.2) is 0 Å². The van der Waals surface area contributed by atoms with Gasteiger partial charge in [-0.3, -0.25) is 14.7 Å². The molecule has 2 rings (SSSR count). The number of aryl methyl sites for hydroxylation is 1. The van der Waals surface area contributed by atoms with E-state index < -0.39 is 15.0 Å². The number of nitrogens with zero attached hydrogens (tertiary/aromatic N) is 1. The summed E-state index contributed by atoms with van der Waals surface area (Å²) in [5, 5.41) is 10.6. The highest BCUT2D eigenvalue weighted by Gasteiger charge is 2.13.